The van der Waals surface area contributed by atoms with Gasteiger partial charge in [-0.05, 0) is 43.2 Å². The Morgan fingerprint density at radius 1 is 1.37 bits per heavy atom. The van der Waals surface area contributed by atoms with E-state index in [1.54, 1.807) is 18.3 Å². The number of urea groups is 1. The van der Waals surface area contributed by atoms with Crippen LogP contribution in [-0.4, -0.2) is 28.8 Å². The smallest absolute Gasteiger partial charge is 0.320 e. The van der Waals surface area contributed by atoms with E-state index in [2.05, 4.69) is 15.6 Å². The molecule has 1 aromatic rings. The Labute approximate surface area is 112 Å². The molecule has 4 atom stereocenters. The molecular weight excluding hydrogens is 242 g/mol. The number of fused-ring (bicyclic) bond motifs is 2. The van der Waals surface area contributed by atoms with Crippen LogP contribution in [0.25, 0.3) is 0 Å². The molecule has 0 aliphatic heterocycles. The van der Waals surface area contributed by atoms with Gasteiger partial charge in [0.2, 0.25) is 0 Å². The number of carbonyl (C=O) groups is 1. The molecule has 0 unspecified atom stereocenters. The third-order valence-corrected chi connectivity index (χ3v) is 4.50. The van der Waals surface area contributed by atoms with Crippen molar-refractivity contribution in [1.29, 1.82) is 0 Å². The third-order valence-electron chi connectivity index (χ3n) is 4.50. The molecule has 2 amide bonds. The van der Waals surface area contributed by atoms with Gasteiger partial charge < -0.3 is 10.4 Å². The van der Waals surface area contributed by atoms with Crippen molar-refractivity contribution in [2.24, 2.45) is 17.8 Å². The van der Waals surface area contributed by atoms with Gasteiger partial charge >= 0.3 is 6.03 Å². The van der Waals surface area contributed by atoms with Crippen molar-refractivity contribution in [3.63, 3.8) is 0 Å². The average molecular weight is 261 g/mol. The number of hydrogen-bond donors (Lipinski definition) is 3. The van der Waals surface area contributed by atoms with E-state index in [4.69, 9.17) is 0 Å². The number of anilines is 1. The van der Waals surface area contributed by atoms with Crippen molar-refractivity contribution in [2.75, 3.05) is 11.9 Å². The molecule has 2 aliphatic carbocycles. The molecule has 2 bridgehead atoms. The van der Waals surface area contributed by atoms with Crippen LogP contribution < -0.4 is 10.6 Å². The van der Waals surface area contributed by atoms with Crippen molar-refractivity contribution >= 4 is 11.8 Å². The Hall–Kier alpha value is -1.62. The Morgan fingerprint density at radius 3 is 2.95 bits per heavy atom. The number of rotatable bonds is 3. The zero-order chi connectivity index (χ0) is 13.2. The number of carbonyl (C=O) groups excluding carboxylic acids is 1. The second kappa shape index (κ2) is 5.17. The van der Waals surface area contributed by atoms with Gasteiger partial charge in [-0.3, -0.25) is 5.32 Å². The Morgan fingerprint density at radius 2 is 2.21 bits per heavy atom. The van der Waals surface area contributed by atoms with Gasteiger partial charge in [0.25, 0.3) is 0 Å². The van der Waals surface area contributed by atoms with Gasteiger partial charge in [-0.2, -0.15) is 0 Å². The standard InChI is InChI=1S/C14H19N3O2/c18-8-11-9-4-5-10(7-9)13(11)17-14(19)16-12-3-1-2-6-15-12/h1-3,6,9-11,13,18H,4-5,7-8H2,(H2,15,16,17,19)/t9-,10-,11-,13+/m0/s1. The Kier molecular flexibility index (Phi) is 3.38. The number of aliphatic hydroxyl groups excluding tert-OH is 1. The lowest BCUT2D eigenvalue weighted by atomic mass is 9.85. The minimum atomic E-state index is -0.227. The summed E-state index contributed by atoms with van der Waals surface area (Å²) in [6.45, 7) is 0.162. The highest BCUT2D eigenvalue weighted by atomic mass is 16.3. The zero-order valence-electron chi connectivity index (χ0n) is 10.7. The summed E-state index contributed by atoms with van der Waals surface area (Å²) in [5.74, 6) is 1.86. The molecule has 0 spiro atoms. The minimum Gasteiger partial charge on any atom is -0.396 e. The molecule has 102 valence electrons. The molecule has 0 aromatic carbocycles. The van der Waals surface area contributed by atoms with E-state index in [9.17, 15) is 9.90 Å². The number of nitrogens with one attached hydrogen (secondary N) is 2. The predicted molar refractivity (Wildman–Crippen MR) is 71.6 cm³/mol. The van der Waals surface area contributed by atoms with E-state index in [0.717, 1.165) is 12.8 Å². The number of nitrogens with zero attached hydrogens (tertiary/aromatic N) is 1. The van der Waals surface area contributed by atoms with Gasteiger partial charge in [0.1, 0.15) is 5.82 Å². The predicted octanol–water partition coefficient (Wildman–Crippen LogP) is 1.61. The maximum absolute atomic E-state index is 12.0. The molecule has 19 heavy (non-hydrogen) atoms. The summed E-state index contributed by atoms with van der Waals surface area (Å²) in [5.41, 5.74) is 0. The molecule has 3 N–H and O–H groups in total. The highest BCUT2D eigenvalue weighted by molar-refractivity contribution is 5.88. The third kappa shape index (κ3) is 2.42. The minimum absolute atomic E-state index is 0.104. The molecule has 3 rings (SSSR count). The van der Waals surface area contributed by atoms with E-state index >= 15 is 0 Å². The van der Waals surface area contributed by atoms with E-state index in [1.165, 1.54) is 6.42 Å². The Bertz CT molecular complexity index is 451. The highest BCUT2D eigenvalue weighted by Crippen LogP contribution is 2.48. The number of amides is 2. The quantitative estimate of drug-likeness (QED) is 0.774. The van der Waals surface area contributed by atoms with Crippen molar-refractivity contribution in [3.8, 4) is 0 Å². The van der Waals surface area contributed by atoms with Crippen LogP contribution in [0.5, 0.6) is 0 Å². The summed E-state index contributed by atoms with van der Waals surface area (Å²) >= 11 is 0. The number of aliphatic hydroxyl groups is 1. The van der Waals surface area contributed by atoms with Crippen molar-refractivity contribution in [1.82, 2.24) is 10.3 Å². The Balaban J connectivity index is 1.60. The molecule has 2 saturated carbocycles. The van der Waals surface area contributed by atoms with Crippen LogP contribution in [0.2, 0.25) is 0 Å². The fourth-order valence-corrected chi connectivity index (χ4v) is 3.64. The van der Waals surface area contributed by atoms with Gasteiger partial charge in [-0.15, -0.1) is 0 Å². The molecule has 2 fully saturated rings. The van der Waals surface area contributed by atoms with Crippen LogP contribution >= 0.6 is 0 Å². The fraction of sp³-hybridized carbons (Fsp3) is 0.571. The van der Waals surface area contributed by atoms with Crippen LogP contribution in [0.15, 0.2) is 24.4 Å². The SMILES string of the molecule is O=C(Nc1ccccn1)N[C@@H]1[C@H]2CC[C@@H](C2)[C@@H]1CO. The number of pyridine rings is 1. The fourth-order valence-electron chi connectivity index (χ4n) is 3.64. The molecule has 2 aliphatic rings. The van der Waals surface area contributed by atoms with Crippen molar-refractivity contribution in [3.05, 3.63) is 24.4 Å². The normalized spacial score (nSPS) is 32.3. The van der Waals surface area contributed by atoms with E-state index < -0.39 is 0 Å². The highest BCUT2D eigenvalue weighted by Gasteiger charge is 2.47. The summed E-state index contributed by atoms with van der Waals surface area (Å²) in [5, 5.41) is 15.2. The first-order valence-electron chi connectivity index (χ1n) is 6.87. The van der Waals surface area contributed by atoms with Crippen LogP contribution in [-0.2, 0) is 0 Å². The number of hydrogen-bond acceptors (Lipinski definition) is 3. The van der Waals surface area contributed by atoms with Gasteiger partial charge in [0.15, 0.2) is 0 Å². The topological polar surface area (TPSA) is 74.2 Å². The van der Waals surface area contributed by atoms with Crippen LogP contribution in [0, 0.1) is 17.8 Å². The summed E-state index contributed by atoms with van der Waals surface area (Å²) in [6, 6.07) is 5.27. The first-order valence-corrected chi connectivity index (χ1v) is 6.87. The van der Waals surface area contributed by atoms with Crippen LogP contribution in [0.4, 0.5) is 10.6 Å². The number of aromatic nitrogens is 1. The lowest BCUT2D eigenvalue weighted by Crippen LogP contribution is -2.46. The van der Waals surface area contributed by atoms with Crippen molar-refractivity contribution < 1.29 is 9.90 Å². The summed E-state index contributed by atoms with van der Waals surface area (Å²) < 4.78 is 0. The summed E-state index contributed by atoms with van der Waals surface area (Å²) in [6.07, 6.45) is 5.13. The lowest BCUT2D eigenvalue weighted by molar-refractivity contribution is 0.146. The van der Waals surface area contributed by atoms with Gasteiger partial charge in [-0.25, -0.2) is 9.78 Å². The van der Waals surface area contributed by atoms with Gasteiger partial charge in [-0.1, -0.05) is 6.07 Å². The van der Waals surface area contributed by atoms with E-state index in [1.807, 2.05) is 6.07 Å². The summed E-state index contributed by atoms with van der Waals surface area (Å²) in [4.78, 5) is 16.0. The monoisotopic (exact) mass is 261 g/mol. The maximum atomic E-state index is 12.0. The molecule has 5 heteroatoms. The summed E-state index contributed by atoms with van der Waals surface area (Å²) in [7, 11) is 0. The van der Waals surface area contributed by atoms with Crippen molar-refractivity contribution in [2.45, 2.75) is 25.3 Å². The molecule has 0 saturated heterocycles. The molecular formula is C14H19N3O2. The molecule has 5 nitrogen and oxygen atoms in total. The van der Waals surface area contributed by atoms with Gasteiger partial charge in [0, 0.05) is 24.8 Å². The second-order valence-electron chi connectivity index (χ2n) is 5.52. The molecule has 1 aromatic heterocycles. The largest absolute Gasteiger partial charge is 0.396 e. The first kappa shape index (κ1) is 12.4. The molecule has 1 heterocycles. The maximum Gasteiger partial charge on any atom is 0.320 e. The average Bonchev–Trinajstić information content (AvgIpc) is 3.00. The van der Waals surface area contributed by atoms with Gasteiger partial charge in [0.05, 0.1) is 0 Å². The second-order valence-corrected chi connectivity index (χ2v) is 5.52. The molecule has 0 radical (unpaired) electrons. The lowest BCUT2D eigenvalue weighted by Gasteiger charge is -2.30. The zero-order valence-corrected chi connectivity index (χ0v) is 10.7. The van der Waals surface area contributed by atoms with E-state index in [-0.39, 0.29) is 24.6 Å². The van der Waals surface area contributed by atoms with E-state index in [0.29, 0.717) is 17.7 Å². The van der Waals surface area contributed by atoms with Crippen LogP contribution in [0.3, 0.4) is 0 Å². The van der Waals surface area contributed by atoms with Crippen LogP contribution in [0.1, 0.15) is 19.3 Å². The first-order chi connectivity index (χ1) is 9.28.